The number of unbranched alkanes of at least 4 members (excludes halogenated alkanes) is 3. The van der Waals surface area contributed by atoms with Crippen molar-refractivity contribution in [3.8, 4) is 11.1 Å². The first-order valence-electron chi connectivity index (χ1n) is 12.4. The van der Waals surface area contributed by atoms with Crippen molar-refractivity contribution >= 4 is 12.6 Å². The maximum absolute atomic E-state index is 6.35. The van der Waals surface area contributed by atoms with Crippen molar-refractivity contribution in [3.05, 3.63) is 90.0 Å². The third-order valence-electron chi connectivity index (χ3n) is 7.23. The first kappa shape index (κ1) is 23.8. The van der Waals surface area contributed by atoms with Crippen molar-refractivity contribution in [3.63, 3.8) is 0 Å². The van der Waals surface area contributed by atoms with Crippen LogP contribution in [0.3, 0.4) is 0 Å². The second kappa shape index (κ2) is 10.3. The second-order valence-electron chi connectivity index (χ2n) is 10.3. The van der Waals surface area contributed by atoms with Gasteiger partial charge in [-0.3, -0.25) is 0 Å². The van der Waals surface area contributed by atoms with Crippen molar-refractivity contribution in [1.29, 1.82) is 0 Å². The Labute approximate surface area is 200 Å². The van der Waals surface area contributed by atoms with Crippen molar-refractivity contribution in [1.82, 2.24) is 0 Å². The molecule has 2 nitrogen and oxygen atoms in total. The molecule has 0 aliphatic carbocycles. The number of aryl methyl sites for hydroxylation is 2. The van der Waals surface area contributed by atoms with Crippen LogP contribution in [0.4, 0.5) is 0 Å². The van der Waals surface area contributed by atoms with E-state index >= 15 is 0 Å². The maximum atomic E-state index is 6.35. The van der Waals surface area contributed by atoms with Crippen LogP contribution in [0.5, 0.6) is 0 Å². The molecule has 0 aromatic heterocycles. The molecule has 3 heteroatoms. The summed E-state index contributed by atoms with van der Waals surface area (Å²) in [5.41, 5.74) is 5.71. The molecule has 1 aliphatic rings. The topological polar surface area (TPSA) is 18.5 Å². The molecule has 1 fully saturated rings. The minimum absolute atomic E-state index is 0.340. The number of hydrogen-bond donors (Lipinski definition) is 0. The van der Waals surface area contributed by atoms with E-state index in [1.807, 2.05) is 0 Å². The summed E-state index contributed by atoms with van der Waals surface area (Å²) in [6, 6.07) is 28.3. The summed E-state index contributed by atoms with van der Waals surface area (Å²) in [7, 11) is -0.348. The largest absolute Gasteiger partial charge is 0.495 e. The predicted octanol–water partition coefficient (Wildman–Crippen LogP) is 7.00. The molecule has 0 N–H and O–H groups in total. The van der Waals surface area contributed by atoms with Crippen LogP contribution in [-0.4, -0.2) is 18.3 Å². The zero-order valence-corrected chi connectivity index (χ0v) is 20.6. The third-order valence-corrected chi connectivity index (χ3v) is 7.23. The van der Waals surface area contributed by atoms with E-state index in [9.17, 15) is 0 Å². The van der Waals surface area contributed by atoms with Crippen LogP contribution in [0, 0.1) is 0 Å². The fourth-order valence-electron chi connectivity index (χ4n) is 4.49. The van der Waals surface area contributed by atoms with Gasteiger partial charge in [0.05, 0.1) is 11.2 Å². The molecule has 1 heterocycles. The summed E-state index contributed by atoms with van der Waals surface area (Å²) in [4.78, 5) is 0. The highest BCUT2D eigenvalue weighted by Crippen LogP contribution is 2.37. The van der Waals surface area contributed by atoms with Gasteiger partial charge in [-0.1, -0.05) is 91.7 Å². The highest BCUT2D eigenvalue weighted by atomic mass is 16.7. The zero-order valence-electron chi connectivity index (χ0n) is 20.6. The van der Waals surface area contributed by atoms with E-state index in [1.54, 1.807) is 0 Å². The molecule has 1 aliphatic heterocycles. The van der Waals surface area contributed by atoms with Gasteiger partial charge in [-0.05, 0) is 81.1 Å². The van der Waals surface area contributed by atoms with E-state index in [1.165, 1.54) is 54.4 Å². The van der Waals surface area contributed by atoms with Gasteiger partial charge in [0, 0.05) is 0 Å². The SMILES string of the molecule is CC1(C)OB(c2ccccc2-c2cccc(CCCCCCc3ccccc3)c2)OC1(C)C. The quantitative estimate of drug-likeness (QED) is 0.264. The lowest BCUT2D eigenvalue weighted by Gasteiger charge is -2.32. The molecule has 3 aromatic rings. The van der Waals surface area contributed by atoms with Crippen LogP contribution in [0.1, 0.15) is 64.5 Å². The van der Waals surface area contributed by atoms with Crippen LogP contribution in [-0.2, 0) is 22.2 Å². The van der Waals surface area contributed by atoms with Crippen molar-refractivity contribution in [2.24, 2.45) is 0 Å². The van der Waals surface area contributed by atoms with E-state index < -0.39 is 0 Å². The van der Waals surface area contributed by atoms with Crippen LogP contribution >= 0.6 is 0 Å². The molecule has 1 saturated heterocycles. The normalized spacial score (nSPS) is 16.8. The van der Waals surface area contributed by atoms with Crippen LogP contribution in [0.25, 0.3) is 11.1 Å². The molecule has 0 bridgehead atoms. The van der Waals surface area contributed by atoms with E-state index in [2.05, 4.69) is 107 Å². The molecule has 0 radical (unpaired) electrons. The summed E-state index contributed by atoms with van der Waals surface area (Å²) in [5, 5.41) is 0. The molecule has 0 amide bonds. The Bertz CT molecular complexity index is 1030. The van der Waals surface area contributed by atoms with Gasteiger partial charge in [-0.25, -0.2) is 0 Å². The molecular formula is C30H37BO2. The summed E-state index contributed by atoms with van der Waals surface area (Å²) >= 11 is 0. The van der Waals surface area contributed by atoms with E-state index in [0.717, 1.165) is 11.9 Å². The Morgan fingerprint density at radius 2 is 1.18 bits per heavy atom. The van der Waals surface area contributed by atoms with Gasteiger partial charge in [0.2, 0.25) is 0 Å². The number of hydrogen-bond acceptors (Lipinski definition) is 2. The van der Waals surface area contributed by atoms with Gasteiger partial charge in [0.1, 0.15) is 0 Å². The van der Waals surface area contributed by atoms with Gasteiger partial charge < -0.3 is 9.31 Å². The summed E-state index contributed by atoms with van der Waals surface area (Å²) in [6.07, 6.45) is 7.38. The summed E-state index contributed by atoms with van der Waals surface area (Å²) in [6.45, 7) is 8.43. The molecule has 0 saturated carbocycles. The Balaban J connectivity index is 1.36. The molecule has 0 atom stereocenters. The van der Waals surface area contributed by atoms with Gasteiger partial charge in [-0.15, -0.1) is 0 Å². The average Bonchev–Trinajstić information content (AvgIpc) is 3.04. The molecule has 172 valence electrons. The third kappa shape index (κ3) is 5.77. The minimum Gasteiger partial charge on any atom is -0.399 e. The zero-order chi connectivity index (χ0) is 23.3. The predicted molar refractivity (Wildman–Crippen MR) is 140 cm³/mol. The number of benzene rings is 3. The highest BCUT2D eigenvalue weighted by molar-refractivity contribution is 6.63. The fourth-order valence-corrected chi connectivity index (χ4v) is 4.49. The van der Waals surface area contributed by atoms with E-state index in [4.69, 9.17) is 9.31 Å². The van der Waals surface area contributed by atoms with Crippen LogP contribution in [0.2, 0.25) is 0 Å². The molecule has 3 aromatic carbocycles. The second-order valence-corrected chi connectivity index (χ2v) is 10.3. The highest BCUT2D eigenvalue weighted by Gasteiger charge is 2.52. The van der Waals surface area contributed by atoms with Crippen LogP contribution < -0.4 is 5.46 Å². The van der Waals surface area contributed by atoms with Gasteiger partial charge in [0.15, 0.2) is 0 Å². The first-order valence-corrected chi connectivity index (χ1v) is 12.4. The monoisotopic (exact) mass is 440 g/mol. The fraction of sp³-hybridized carbons (Fsp3) is 0.400. The maximum Gasteiger partial charge on any atom is 0.495 e. The van der Waals surface area contributed by atoms with Crippen LogP contribution in [0.15, 0.2) is 78.9 Å². The first-order chi connectivity index (χ1) is 15.9. The lowest BCUT2D eigenvalue weighted by molar-refractivity contribution is 0.00578. The van der Waals surface area contributed by atoms with Crippen molar-refractivity contribution in [2.75, 3.05) is 0 Å². The van der Waals surface area contributed by atoms with Crippen molar-refractivity contribution < 1.29 is 9.31 Å². The Morgan fingerprint density at radius 3 is 1.88 bits per heavy atom. The smallest absolute Gasteiger partial charge is 0.399 e. The molecule has 33 heavy (non-hydrogen) atoms. The Kier molecular flexibility index (Phi) is 7.41. The average molecular weight is 440 g/mol. The van der Waals surface area contributed by atoms with Gasteiger partial charge in [-0.2, -0.15) is 0 Å². The van der Waals surface area contributed by atoms with Crippen molar-refractivity contribution in [2.45, 2.75) is 77.4 Å². The minimum atomic E-state index is -0.348. The Morgan fingerprint density at radius 1 is 0.606 bits per heavy atom. The Hall–Kier alpha value is -2.36. The van der Waals surface area contributed by atoms with E-state index in [0.29, 0.717) is 0 Å². The summed E-state index contributed by atoms with van der Waals surface area (Å²) in [5.74, 6) is 0. The lowest BCUT2D eigenvalue weighted by Crippen LogP contribution is -2.41. The van der Waals surface area contributed by atoms with E-state index in [-0.39, 0.29) is 18.3 Å². The lowest BCUT2D eigenvalue weighted by atomic mass is 9.74. The molecule has 4 rings (SSSR count). The molecule has 0 spiro atoms. The number of rotatable bonds is 9. The summed E-state index contributed by atoms with van der Waals surface area (Å²) < 4.78 is 12.7. The van der Waals surface area contributed by atoms with Gasteiger partial charge >= 0.3 is 7.12 Å². The molecular weight excluding hydrogens is 403 g/mol. The standard InChI is InChI=1S/C30H37BO2/c1-29(2)30(3,4)33-31(32-29)28-22-13-12-21-27(28)26-20-14-19-25(23-26)18-9-6-5-8-15-24-16-10-7-11-17-24/h7,10-14,16-17,19-23H,5-6,8-9,15,18H2,1-4H3. The van der Waals surface area contributed by atoms with Gasteiger partial charge in [0.25, 0.3) is 0 Å². The molecule has 0 unspecified atom stereocenters.